The third-order valence-electron chi connectivity index (χ3n) is 5.61. The molecule has 3 aromatic rings. The van der Waals surface area contributed by atoms with Crippen molar-refractivity contribution >= 4 is 41.0 Å². The number of Topliss-reactive ketones (excluding diaryl/α,β-unsaturated/α-hetero) is 1. The van der Waals surface area contributed by atoms with E-state index in [1.54, 1.807) is 48.5 Å². The number of fused-ring (bicyclic) bond motifs is 1. The summed E-state index contributed by atoms with van der Waals surface area (Å²) < 4.78 is 1.96. The number of rotatable bonds is 10. The van der Waals surface area contributed by atoms with Crippen molar-refractivity contribution < 1.29 is 19.2 Å². The highest BCUT2D eigenvalue weighted by Gasteiger charge is 2.36. The van der Waals surface area contributed by atoms with Crippen molar-refractivity contribution in [1.29, 1.82) is 0 Å². The number of aromatic nitrogens is 3. The zero-order valence-corrected chi connectivity index (χ0v) is 20.3. The molecule has 180 valence electrons. The fourth-order valence-electron chi connectivity index (χ4n) is 3.89. The zero-order valence-electron chi connectivity index (χ0n) is 19.5. The molecule has 2 heterocycles. The molecule has 0 saturated heterocycles. The van der Waals surface area contributed by atoms with Gasteiger partial charge in [0.15, 0.2) is 10.9 Å². The van der Waals surface area contributed by atoms with Gasteiger partial charge in [0.1, 0.15) is 5.82 Å². The van der Waals surface area contributed by atoms with Crippen LogP contribution >= 0.6 is 11.8 Å². The molecule has 0 radical (unpaired) electrons. The average Bonchev–Trinajstić information content (AvgIpc) is 3.37. The van der Waals surface area contributed by atoms with E-state index in [2.05, 4.69) is 15.5 Å². The van der Waals surface area contributed by atoms with E-state index < -0.39 is 11.8 Å². The van der Waals surface area contributed by atoms with Crippen molar-refractivity contribution in [3.63, 3.8) is 0 Å². The topological polar surface area (TPSA) is 114 Å². The monoisotopic (exact) mass is 491 g/mol. The molecule has 0 bridgehead atoms. The first-order chi connectivity index (χ1) is 16.9. The predicted octanol–water partition coefficient (Wildman–Crippen LogP) is 3.14. The Morgan fingerprint density at radius 2 is 1.71 bits per heavy atom. The Balaban J connectivity index is 1.42. The van der Waals surface area contributed by atoms with Crippen LogP contribution in [0.1, 0.15) is 57.2 Å². The van der Waals surface area contributed by atoms with Crippen LogP contribution in [0.5, 0.6) is 0 Å². The molecule has 2 aromatic carbocycles. The third kappa shape index (κ3) is 5.17. The lowest BCUT2D eigenvalue weighted by molar-refractivity contribution is -0.118. The zero-order chi connectivity index (χ0) is 24.9. The normalized spacial score (nSPS) is 12.7. The molecule has 4 rings (SSSR count). The van der Waals surface area contributed by atoms with Gasteiger partial charge in [0.05, 0.1) is 22.6 Å². The van der Waals surface area contributed by atoms with Crippen molar-refractivity contribution in [2.45, 2.75) is 38.4 Å². The summed E-state index contributed by atoms with van der Waals surface area (Å²) in [6.45, 7) is 4.69. The molecule has 1 aliphatic rings. The van der Waals surface area contributed by atoms with Gasteiger partial charge in [-0.05, 0) is 37.6 Å². The van der Waals surface area contributed by atoms with Gasteiger partial charge in [-0.25, -0.2) is 4.90 Å². The molecule has 0 unspecified atom stereocenters. The van der Waals surface area contributed by atoms with E-state index in [0.717, 1.165) is 17.1 Å². The van der Waals surface area contributed by atoms with E-state index >= 15 is 0 Å². The summed E-state index contributed by atoms with van der Waals surface area (Å²) in [5.41, 5.74) is 1.49. The van der Waals surface area contributed by atoms with Crippen LogP contribution in [0.3, 0.4) is 0 Å². The molecule has 0 spiro atoms. The first kappa shape index (κ1) is 24.3. The van der Waals surface area contributed by atoms with Crippen LogP contribution in [-0.4, -0.2) is 50.6 Å². The van der Waals surface area contributed by atoms with Crippen LogP contribution < -0.4 is 10.2 Å². The quantitative estimate of drug-likeness (QED) is 0.201. The molecule has 0 fully saturated rings. The maximum atomic E-state index is 12.9. The highest BCUT2D eigenvalue weighted by Crippen LogP contribution is 2.29. The number of hydrogen-bond acceptors (Lipinski definition) is 7. The Kier molecular flexibility index (Phi) is 7.40. The molecule has 1 aliphatic heterocycles. The van der Waals surface area contributed by atoms with Gasteiger partial charge in [-0.3, -0.25) is 19.2 Å². The fourth-order valence-corrected chi connectivity index (χ4v) is 4.81. The van der Waals surface area contributed by atoms with Crippen LogP contribution in [0, 0.1) is 0 Å². The molecular weight excluding hydrogens is 466 g/mol. The van der Waals surface area contributed by atoms with Gasteiger partial charge in [0, 0.05) is 32.0 Å². The van der Waals surface area contributed by atoms with Gasteiger partial charge < -0.3 is 9.88 Å². The largest absolute Gasteiger partial charge is 0.356 e. The van der Waals surface area contributed by atoms with Gasteiger partial charge in [0.25, 0.3) is 11.8 Å². The summed E-state index contributed by atoms with van der Waals surface area (Å²) in [7, 11) is 0. The summed E-state index contributed by atoms with van der Waals surface area (Å²) in [6, 6.07) is 13.2. The number of hydrogen-bond donors (Lipinski definition) is 1. The molecule has 1 N–H and O–H groups in total. The van der Waals surface area contributed by atoms with Gasteiger partial charge in [-0.15, -0.1) is 10.2 Å². The SMILES string of the molecule is CCn1c(CCCNC(C)=O)nnc1SCC(=O)c1cccc(N2C(=O)c3ccccc3C2=O)c1. The van der Waals surface area contributed by atoms with E-state index in [-0.39, 0.29) is 17.4 Å². The Morgan fingerprint density at radius 3 is 2.37 bits per heavy atom. The molecule has 3 amide bonds. The van der Waals surface area contributed by atoms with Crippen molar-refractivity contribution in [2.75, 3.05) is 17.2 Å². The standard InChI is InChI=1S/C25H25N5O4S/c1-3-29-22(12-7-13-26-16(2)31)27-28-25(29)35-15-21(32)17-8-6-9-18(14-17)30-23(33)19-10-4-5-11-20(19)24(30)34/h4-6,8-11,14H,3,7,12-13,15H2,1-2H3,(H,26,31). The van der Waals surface area contributed by atoms with Crippen LogP contribution in [0.25, 0.3) is 0 Å². The summed E-state index contributed by atoms with van der Waals surface area (Å²) in [4.78, 5) is 50.6. The van der Waals surface area contributed by atoms with Gasteiger partial charge in [0.2, 0.25) is 5.91 Å². The second kappa shape index (κ2) is 10.6. The van der Waals surface area contributed by atoms with E-state index in [0.29, 0.717) is 47.0 Å². The first-order valence-corrected chi connectivity index (χ1v) is 12.3. The minimum absolute atomic E-state index is 0.0659. The Bertz CT molecular complexity index is 1270. The number of carbonyl (C=O) groups is 4. The molecular formula is C25H25N5O4S. The van der Waals surface area contributed by atoms with E-state index in [1.807, 2.05) is 11.5 Å². The second-order valence-electron chi connectivity index (χ2n) is 7.98. The number of amides is 3. The molecule has 0 saturated carbocycles. The Morgan fingerprint density at radius 1 is 1.00 bits per heavy atom. The lowest BCUT2D eigenvalue weighted by Gasteiger charge is -2.14. The smallest absolute Gasteiger partial charge is 0.266 e. The number of anilines is 1. The Hall–Kier alpha value is -3.79. The van der Waals surface area contributed by atoms with Gasteiger partial charge in [-0.1, -0.05) is 36.0 Å². The molecule has 0 aliphatic carbocycles. The molecule has 35 heavy (non-hydrogen) atoms. The highest BCUT2D eigenvalue weighted by molar-refractivity contribution is 7.99. The van der Waals surface area contributed by atoms with Crippen LogP contribution in [0.15, 0.2) is 53.7 Å². The number of imide groups is 1. The maximum Gasteiger partial charge on any atom is 0.266 e. The third-order valence-corrected chi connectivity index (χ3v) is 6.58. The predicted molar refractivity (Wildman–Crippen MR) is 132 cm³/mol. The van der Waals surface area contributed by atoms with E-state index in [9.17, 15) is 19.2 Å². The second-order valence-corrected chi connectivity index (χ2v) is 8.93. The number of ketones is 1. The lowest BCUT2D eigenvalue weighted by Crippen LogP contribution is -2.29. The summed E-state index contributed by atoms with van der Waals surface area (Å²) in [5.74, 6) is -0.0656. The molecule has 0 atom stereocenters. The number of benzene rings is 2. The highest BCUT2D eigenvalue weighted by atomic mass is 32.2. The van der Waals surface area contributed by atoms with Crippen molar-refractivity contribution in [3.05, 3.63) is 71.0 Å². The van der Waals surface area contributed by atoms with E-state index in [1.165, 1.54) is 18.7 Å². The van der Waals surface area contributed by atoms with Gasteiger partial charge >= 0.3 is 0 Å². The molecule has 1 aromatic heterocycles. The van der Waals surface area contributed by atoms with Crippen LogP contribution in [0.4, 0.5) is 5.69 Å². The van der Waals surface area contributed by atoms with Gasteiger partial charge in [-0.2, -0.15) is 0 Å². The number of aryl methyl sites for hydroxylation is 1. The van der Waals surface area contributed by atoms with Crippen LogP contribution in [-0.2, 0) is 17.8 Å². The number of carbonyl (C=O) groups excluding carboxylic acids is 4. The minimum Gasteiger partial charge on any atom is -0.356 e. The van der Waals surface area contributed by atoms with Crippen molar-refractivity contribution in [2.24, 2.45) is 0 Å². The number of nitrogens with one attached hydrogen (secondary N) is 1. The fraction of sp³-hybridized carbons (Fsp3) is 0.280. The van der Waals surface area contributed by atoms with Crippen molar-refractivity contribution in [3.8, 4) is 0 Å². The summed E-state index contributed by atoms with van der Waals surface area (Å²) in [6.07, 6.45) is 1.41. The first-order valence-electron chi connectivity index (χ1n) is 11.3. The lowest BCUT2D eigenvalue weighted by atomic mass is 10.1. The minimum atomic E-state index is -0.397. The maximum absolute atomic E-state index is 12.9. The Labute approximate surface area is 206 Å². The molecule has 9 nitrogen and oxygen atoms in total. The van der Waals surface area contributed by atoms with E-state index in [4.69, 9.17) is 0 Å². The molecule has 10 heteroatoms. The summed E-state index contributed by atoms with van der Waals surface area (Å²) >= 11 is 1.29. The van der Waals surface area contributed by atoms with Crippen LogP contribution in [0.2, 0.25) is 0 Å². The number of nitrogens with zero attached hydrogens (tertiary/aromatic N) is 4. The number of thioether (sulfide) groups is 1. The average molecular weight is 492 g/mol. The van der Waals surface area contributed by atoms with Crippen molar-refractivity contribution in [1.82, 2.24) is 20.1 Å². The summed E-state index contributed by atoms with van der Waals surface area (Å²) in [5, 5.41) is 11.9.